The van der Waals surface area contributed by atoms with E-state index in [1.165, 1.54) is 0 Å². The molecule has 4 heteroatoms. The van der Waals surface area contributed by atoms with Crippen molar-refractivity contribution >= 4 is 11.6 Å². The molecule has 0 spiro atoms. The van der Waals surface area contributed by atoms with Gasteiger partial charge >= 0.3 is 0 Å². The normalized spacial score (nSPS) is 11.8. The Morgan fingerprint density at radius 2 is 1.62 bits per heavy atom. The number of rotatable bonds is 10. The fourth-order valence-electron chi connectivity index (χ4n) is 2.93. The first-order valence-corrected chi connectivity index (χ1v) is 8.93. The van der Waals surface area contributed by atoms with Gasteiger partial charge in [0, 0.05) is 31.4 Å². The number of hydrogen-bond donors (Lipinski definition) is 1. The van der Waals surface area contributed by atoms with Crippen LogP contribution in [0.1, 0.15) is 41.3 Å². The maximum Gasteiger partial charge on any atom is 0.162 e. The number of Topliss-reactive ketones (excluding diaryl/α,β-unsaturated/α-hetero) is 2. The molecule has 0 aromatic heterocycles. The van der Waals surface area contributed by atoms with Gasteiger partial charge in [-0.25, -0.2) is 0 Å². The van der Waals surface area contributed by atoms with Crippen molar-refractivity contribution in [1.29, 1.82) is 0 Å². The fraction of sp³-hybridized carbons (Fsp3) is 0.364. The number of aliphatic hydroxyl groups excluding tert-OH is 1. The van der Waals surface area contributed by atoms with Crippen LogP contribution in [0.5, 0.6) is 5.75 Å². The Morgan fingerprint density at radius 1 is 1.00 bits per heavy atom. The van der Waals surface area contributed by atoms with Gasteiger partial charge in [0.05, 0.1) is 7.11 Å². The number of hydrogen-bond acceptors (Lipinski definition) is 4. The van der Waals surface area contributed by atoms with E-state index in [0.717, 1.165) is 16.9 Å². The van der Waals surface area contributed by atoms with Gasteiger partial charge in [-0.3, -0.25) is 9.59 Å². The van der Waals surface area contributed by atoms with Gasteiger partial charge in [-0.05, 0) is 35.6 Å². The predicted molar refractivity (Wildman–Crippen MR) is 102 cm³/mol. The van der Waals surface area contributed by atoms with Crippen molar-refractivity contribution in [1.82, 2.24) is 0 Å². The van der Waals surface area contributed by atoms with Crippen molar-refractivity contribution in [2.45, 2.75) is 32.6 Å². The number of ether oxygens (including phenoxy) is 1. The Morgan fingerprint density at radius 3 is 2.15 bits per heavy atom. The summed E-state index contributed by atoms with van der Waals surface area (Å²) < 4.78 is 5.14. The Hall–Kier alpha value is -2.46. The Kier molecular flexibility index (Phi) is 7.54. The summed E-state index contributed by atoms with van der Waals surface area (Å²) in [6, 6.07) is 14.9. The second kappa shape index (κ2) is 9.88. The predicted octanol–water partition coefficient (Wildman–Crippen LogP) is 3.64. The number of benzene rings is 2. The van der Waals surface area contributed by atoms with Crippen molar-refractivity contribution in [2.24, 2.45) is 5.92 Å². The van der Waals surface area contributed by atoms with Gasteiger partial charge in [-0.1, -0.05) is 43.3 Å². The summed E-state index contributed by atoms with van der Waals surface area (Å²) in [5.74, 6) is 0.877. The molecule has 1 N–H and O–H groups in total. The average molecular weight is 354 g/mol. The standard InChI is InChI=1S/C22H26O4/c1-3-22(25)19-8-4-17(5-9-19)13-20(24)14-18(15-23)12-16-6-10-21(26-2)11-7-16/h4-11,18,23H,3,12-15H2,1-2H3. The maximum absolute atomic E-state index is 12.3. The lowest BCUT2D eigenvalue weighted by Gasteiger charge is -2.14. The van der Waals surface area contributed by atoms with Crippen molar-refractivity contribution < 1.29 is 19.4 Å². The molecular weight excluding hydrogens is 328 g/mol. The third-order valence-electron chi connectivity index (χ3n) is 4.46. The fourth-order valence-corrected chi connectivity index (χ4v) is 2.93. The van der Waals surface area contributed by atoms with Gasteiger partial charge in [-0.15, -0.1) is 0 Å². The molecule has 0 heterocycles. The van der Waals surface area contributed by atoms with Crippen LogP contribution in [0.3, 0.4) is 0 Å². The molecular formula is C22H26O4. The molecule has 1 atom stereocenters. The molecule has 1 unspecified atom stereocenters. The molecule has 138 valence electrons. The summed E-state index contributed by atoms with van der Waals surface area (Å²) in [6.07, 6.45) is 1.77. The number of aliphatic hydroxyl groups is 1. The third kappa shape index (κ3) is 5.81. The molecule has 0 amide bonds. The molecule has 2 aromatic carbocycles. The quantitative estimate of drug-likeness (QED) is 0.662. The zero-order valence-electron chi connectivity index (χ0n) is 15.4. The molecule has 0 bridgehead atoms. The first kappa shape index (κ1) is 19.9. The van der Waals surface area contributed by atoms with E-state index >= 15 is 0 Å². The average Bonchev–Trinajstić information content (AvgIpc) is 2.68. The highest BCUT2D eigenvalue weighted by molar-refractivity contribution is 5.95. The number of carbonyl (C=O) groups is 2. The summed E-state index contributed by atoms with van der Waals surface area (Å²) in [6.45, 7) is 1.80. The molecule has 0 saturated carbocycles. The molecule has 4 nitrogen and oxygen atoms in total. The maximum atomic E-state index is 12.3. The summed E-state index contributed by atoms with van der Waals surface area (Å²) >= 11 is 0. The first-order valence-electron chi connectivity index (χ1n) is 8.93. The van der Waals surface area contributed by atoms with E-state index in [1.54, 1.807) is 19.2 Å². The first-order chi connectivity index (χ1) is 12.5. The van der Waals surface area contributed by atoms with Crippen LogP contribution in [0.4, 0.5) is 0 Å². The van der Waals surface area contributed by atoms with Crippen LogP contribution in [0.15, 0.2) is 48.5 Å². The zero-order valence-corrected chi connectivity index (χ0v) is 15.4. The van der Waals surface area contributed by atoms with Crippen molar-refractivity contribution in [3.63, 3.8) is 0 Å². The van der Waals surface area contributed by atoms with Gasteiger partial charge in [0.25, 0.3) is 0 Å². The summed E-state index contributed by atoms with van der Waals surface area (Å²) in [5, 5.41) is 9.61. The summed E-state index contributed by atoms with van der Waals surface area (Å²) in [4.78, 5) is 24.0. The van der Waals surface area contributed by atoms with Crippen molar-refractivity contribution in [3.8, 4) is 5.75 Å². The van der Waals surface area contributed by atoms with Crippen LogP contribution in [-0.2, 0) is 17.6 Å². The molecule has 2 aromatic rings. The lowest BCUT2D eigenvalue weighted by atomic mass is 9.92. The van der Waals surface area contributed by atoms with Crippen LogP contribution in [0.2, 0.25) is 0 Å². The lowest BCUT2D eigenvalue weighted by molar-refractivity contribution is -0.119. The van der Waals surface area contributed by atoms with E-state index in [1.807, 2.05) is 43.3 Å². The van der Waals surface area contributed by atoms with Gasteiger partial charge in [0.1, 0.15) is 11.5 Å². The van der Waals surface area contributed by atoms with Crippen LogP contribution in [0, 0.1) is 5.92 Å². The molecule has 0 aliphatic heterocycles. The Bertz CT molecular complexity index is 717. The van der Waals surface area contributed by atoms with Gasteiger partial charge in [-0.2, -0.15) is 0 Å². The monoisotopic (exact) mass is 354 g/mol. The Balaban J connectivity index is 1.90. The molecule has 2 rings (SSSR count). The number of methoxy groups -OCH3 is 1. The topological polar surface area (TPSA) is 63.6 Å². The zero-order chi connectivity index (χ0) is 18.9. The van der Waals surface area contributed by atoms with E-state index in [4.69, 9.17) is 4.74 Å². The van der Waals surface area contributed by atoms with Crippen LogP contribution < -0.4 is 4.74 Å². The minimum absolute atomic E-state index is 0.0261. The Labute approximate surface area is 154 Å². The minimum Gasteiger partial charge on any atom is -0.497 e. The van der Waals surface area contributed by atoms with Crippen LogP contribution >= 0.6 is 0 Å². The smallest absolute Gasteiger partial charge is 0.162 e. The SMILES string of the molecule is CCC(=O)c1ccc(CC(=O)CC(CO)Cc2ccc(OC)cc2)cc1. The summed E-state index contributed by atoms with van der Waals surface area (Å²) in [5.41, 5.74) is 2.64. The highest BCUT2D eigenvalue weighted by Gasteiger charge is 2.15. The van der Waals surface area contributed by atoms with Gasteiger partial charge in [0.2, 0.25) is 0 Å². The molecule has 0 aliphatic rings. The molecule has 26 heavy (non-hydrogen) atoms. The highest BCUT2D eigenvalue weighted by Crippen LogP contribution is 2.18. The van der Waals surface area contributed by atoms with Crippen molar-refractivity contribution in [3.05, 3.63) is 65.2 Å². The number of carbonyl (C=O) groups excluding carboxylic acids is 2. The largest absolute Gasteiger partial charge is 0.497 e. The van der Waals surface area contributed by atoms with Crippen molar-refractivity contribution in [2.75, 3.05) is 13.7 Å². The second-order valence-corrected chi connectivity index (χ2v) is 6.49. The minimum atomic E-state index is -0.100. The molecule has 0 fully saturated rings. The summed E-state index contributed by atoms with van der Waals surface area (Å²) in [7, 11) is 1.62. The van der Waals surface area contributed by atoms with Gasteiger partial charge < -0.3 is 9.84 Å². The van der Waals surface area contributed by atoms with Crippen LogP contribution in [-0.4, -0.2) is 30.4 Å². The van der Waals surface area contributed by atoms with E-state index in [-0.39, 0.29) is 24.1 Å². The number of ketones is 2. The molecule has 0 radical (unpaired) electrons. The second-order valence-electron chi connectivity index (χ2n) is 6.49. The van der Waals surface area contributed by atoms with E-state index in [0.29, 0.717) is 31.2 Å². The molecule has 0 aliphatic carbocycles. The van der Waals surface area contributed by atoms with Crippen LogP contribution in [0.25, 0.3) is 0 Å². The van der Waals surface area contributed by atoms with E-state index in [2.05, 4.69) is 0 Å². The van der Waals surface area contributed by atoms with E-state index < -0.39 is 0 Å². The molecule has 0 saturated heterocycles. The lowest BCUT2D eigenvalue weighted by Crippen LogP contribution is -2.16. The van der Waals surface area contributed by atoms with Gasteiger partial charge in [0.15, 0.2) is 5.78 Å². The third-order valence-corrected chi connectivity index (χ3v) is 4.46. The highest BCUT2D eigenvalue weighted by atomic mass is 16.5. The van der Waals surface area contributed by atoms with E-state index in [9.17, 15) is 14.7 Å².